The summed E-state index contributed by atoms with van der Waals surface area (Å²) in [5.74, 6) is 0.133. The highest BCUT2D eigenvalue weighted by atomic mass is 16.5. The predicted molar refractivity (Wildman–Crippen MR) is 157 cm³/mol. The van der Waals surface area contributed by atoms with Crippen molar-refractivity contribution < 1.29 is 34.0 Å². The molecule has 0 saturated heterocycles. The van der Waals surface area contributed by atoms with E-state index in [1.807, 2.05) is 49.4 Å². The molecule has 4 aromatic carbocycles. The summed E-state index contributed by atoms with van der Waals surface area (Å²) >= 11 is 0. The number of hydrogen-bond acceptors (Lipinski definition) is 7. The van der Waals surface area contributed by atoms with Crippen molar-refractivity contribution in [3.8, 4) is 33.8 Å². The Labute approximate surface area is 239 Å². The number of rotatable bonds is 11. The third kappa shape index (κ3) is 7.91. The molecular weight excluding hydrogens is 520 g/mol. The number of hydrogen-bond donors (Lipinski definition) is 2. The lowest BCUT2D eigenvalue weighted by atomic mass is 9.96. The summed E-state index contributed by atoms with van der Waals surface area (Å²) in [5, 5.41) is 18.8. The maximum atomic E-state index is 12.6. The molecule has 0 fully saturated rings. The average molecular weight is 553 g/mol. The van der Waals surface area contributed by atoms with E-state index in [9.17, 15) is 19.8 Å². The number of benzene rings is 4. The first-order valence-electron chi connectivity index (χ1n) is 13.2. The van der Waals surface area contributed by atoms with Gasteiger partial charge < -0.3 is 24.4 Å². The molecule has 2 N–H and O–H groups in total. The summed E-state index contributed by atoms with van der Waals surface area (Å²) < 4.78 is 16.2. The molecule has 4 rings (SSSR count). The molecule has 0 atom stereocenters. The Morgan fingerprint density at radius 3 is 1.95 bits per heavy atom. The van der Waals surface area contributed by atoms with Crippen LogP contribution in [0.3, 0.4) is 0 Å². The van der Waals surface area contributed by atoms with Gasteiger partial charge in [-0.05, 0) is 78.1 Å². The number of aryl methyl sites for hydroxylation is 1. The van der Waals surface area contributed by atoms with Crippen molar-refractivity contribution in [2.45, 2.75) is 26.6 Å². The van der Waals surface area contributed by atoms with E-state index in [2.05, 4.69) is 6.58 Å². The fourth-order valence-electron chi connectivity index (χ4n) is 4.12. The summed E-state index contributed by atoms with van der Waals surface area (Å²) in [6, 6.07) is 27.4. The molecule has 41 heavy (non-hydrogen) atoms. The lowest BCUT2D eigenvalue weighted by Crippen LogP contribution is -2.10. The van der Waals surface area contributed by atoms with Gasteiger partial charge in [-0.15, -0.1) is 0 Å². The zero-order valence-electron chi connectivity index (χ0n) is 23.0. The molecule has 0 aliphatic heterocycles. The summed E-state index contributed by atoms with van der Waals surface area (Å²) in [5.41, 5.74) is 6.19. The van der Waals surface area contributed by atoms with E-state index in [0.717, 1.165) is 27.8 Å². The van der Waals surface area contributed by atoms with Crippen LogP contribution in [0.2, 0.25) is 0 Å². The van der Waals surface area contributed by atoms with Gasteiger partial charge in [-0.3, -0.25) is 0 Å². The highest BCUT2D eigenvalue weighted by Gasteiger charge is 2.11. The molecule has 0 aromatic heterocycles. The monoisotopic (exact) mass is 552 g/mol. The van der Waals surface area contributed by atoms with Crippen LogP contribution in [-0.4, -0.2) is 35.4 Å². The predicted octanol–water partition coefficient (Wildman–Crippen LogP) is 6.42. The number of aliphatic hydroxyl groups is 2. The van der Waals surface area contributed by atoms with Crippen LogP contribution in [0.1, 0.15) is 41.1 Å². The quantitative estimate of drug-likeness (QED) is 0.0728. The van der Waals surface area contributed by atoms with Gasteiger partial charge in [0.25, 0.3) is 0 Å². The molecule has 0 saturated carbocycles. The topological polar surface area (TPSA) is 102 Å². The normalized spacial score (nSPS) is 10.8. The van der Waals surface area contributed by atoms with Gasteiger partial charge >= 0.3 is 11.9 Å². The molecule has 4 aromatic rings. The van der Waals surface area contributed by atoms with Crippen LogP contribution >= 0.6 is 0 Å². The van der Waals surface area contributed by atoms with Gasteiger partial charge in [0.15, 0.2) is 6.29 Å². The summed E-state index contributed by atoms with van der Waals surface area (Å²) in [4.78, 5) is 24.0. The van der Waals surface area contributed by atoms with Gasteiger partial charge in [0.05, 0.1) is 18.8 Å². The number of ether oxygens (including phenoxy) is 3. The largest absolute Gasteiger partial charge is 0.493 e. The Morgan fingerprint density at radius 1 is 0.780 bits per heavy atom. The van der Waals surface area contributed by atoms with Crippen molar-refractivity contribution in [2.75, 3.05) is 13.2 Å². The lowest BCUT2D eigenvalue weighted by molar-refractivity contribution is -0.139. The Bertz CT molecular complexity index is 1500. The number of aliphatic hydroxyl groups excluding tert-OH is 1. The molecule has 7 nitrogen and oxygen atoms in total. The molecule has 0 unspecified atom stereocenters. The van der Waals surface area contributed by atoms with Crippen LogP contribution in [0.5, 0.6) is 11.5 Å². The molecule has 0 aliphatic rings. The molecule has 210 valence electrons. The Hall–Kier alpha value is -4.72. The fourth-order valence-corrected chi connectivity index (χ4v) is 4.12. The fraction of sp³-hybridized carbons (Fsp3) is 0.176. The van der Waals surface area contributed by atoms with Gasteiger partial charge in [0.1, 0.15) is 11.5 Å². The van der Waals surface area contributed by atoms with E-state index in [0.29, 0.717) is 41.2 Å². The van der Waals surface area contributed by atoms with Crippen molar-refractivity contribution in [1.29, 1.82) is 0 Å². The minimum Gasteiger partial charge on any atom is -0.493 e. The minimum absolute atomic E-state index is 0.243. The van der Waals surface area contributed by atoms with Crippen molar-refractivity contribution >= 4 is 11.9 Å². The van der Waals surface area contributed by atoms with Crippen molar-refractivity contribution in [2.24, 2.45) is 0 Å². The van der Waals surface area contributed by atoms with Crippen LogP contribution in [-0.2, 0) is 9.53 Å². The Balaban J connectivity index is 1.29. The number of esters is 2. The van der Waals surface area contributed by atoms with E-state index >= 15 is 0 Å². The van der Waals surface area contributed by atoms with Crippen molar-refractivity contribution in [1.82, 2.24) is 0 Å². The van der Waals surface area contributed by atoms with E-state index in [1.165, 1.54) is 0 Å². The highest BCUT2D eigenvalue weighted by molar-refractivity contribution is 5.91. The smallest absolute Gasteiger partial charge is 0.343 e. The average Bonchev–Trinajstić information content (AvgIpc) is 2.97. The maximum absolute atomic E-state index is 12.6. The molecule has 0 spiro atoms. The molecule has 0 amide bonds. The summed E-state index contributed by atoms with van der Waals surface area (Å²) in [6.45, 7) is 7.67. The Kier molecular flexibility index (Phi) is 9.68. The second kappa shape index (κ2) is 13.6. The standard InChI is InChI=1S/C34H32O7/c1-22(2)33(37)40-20-4-19-39-29-14-11-27(12-15-29)34(38)41-30-16-9-25(10-17-30)24-5-7-26(8-6-24)31-18-13-28(32(35)36)21-23(31)3/h5-18,21,32,35-36H,1,4,19-20H2,2-3H3. The van der Waals surface area contributed by atoms with Crippen molar-refractivity contribution in [3.63, 3.8) is 0 Å². The lowest BCUT2D eigenvalue weighted by Gasteiger charge is -2.11. The third-order valence-electron chi connectivity index (χ3n) is 6.37. The van der Waals surface area contributed by atoms with Crippen molar-refractivity contribution in [3.05, 3.63) is 120 Å². The summed E-state index contributed by atoms with van der Waals surface area (Å²) in [6.07, 6.45) is -0.954. The van der Waals surface area contributed by atoms with Gasteiger partial charge in [0.2, 0.25) is 0 Å². The first-order valence-corrected chi connectivity index (χ1v) is 13.2. The summed E-state index contributed by atoms with van der Waals surface area (Å²) in [7, 11) is 0. The first-order chi connectivity index (χ1) is 19.7. The number of carbonyl (C=O) groups is 2. The van der Waals surface area contributed by atoms with Crippen LogP contribution < -0.4 is 9.47 Å². The molecule has 0 radical (unpaired) electrons. The highest BCUT2D eigenvalue weighted by Crippen LogP contribution is 2.29. The Morgan fingerprint density at radius 2 is 1.37 bits per heavy atom. The SMILES string of the molecule is C=C(C)C(=O)OCCCOc1ccc(C(=O)Oc2ccc(-c3ccc(-c4ccc(C(O)O)cc4C)cc3)cc2)cc1. The molecule has 0 heterocycles. The first kappa shape index (κ1) is 29.3. The molecule has 0 aliphatic carbocycles. The van der Waals surface area contributed by atoms with Crippen LogP contribution in [0.4, 0.5) is 0 Å². The third-order valence-corrected chi connectivity index (χ3v) is 6.37. The van der Waals surface area contributed by atoms with E-state index in [-0.39, 0.29) is 6.61 Å². The number of carbonyl (C=O) groups excluding carboxylic acids is 2. The second-order valence-electron chi connectivity index (χ2n) is 9.58. The van der Waals surface area contributed by atoms with Gasteiger partial charge in [0, 0.05) is 17.6 Å². The molecule has 7 heteroatoms. The van der Waals surface area contributed by atoms with Gasteiger partial charge in [-0.1, -0.05) is 61.2 Å². The second-order valence-corrected chi connectivity index (χ2v) is 9.58. The van der Waals surface area contributed by atoms with Gasteiger partial charge in [-0.2, -0.15) is 0 Å². The van der Waals surface area contributed by atoms with E-state index < -0.39 is 18.2 Å². The minimum atomic E-state index is -1.49. The van der Waals surface area contributed by atoms with E-state index in [4.69, 9.17) is 14.2 Å². The van der Waals surface area contributed by atoms with Crippen LogP contribution in [0, 0.1) is 6.92 Å². The van der Waals surface area contributed by atoms with E-state index in [1.54, 1.807) is 55.5 Å². The van der Waals surface area contributed by atoms with Gasteiger partial charge in [-0.25, -0.2) is 9.59 Å². The maximum Gasteiger partial charge on any atom is 0.343 e. The molecule has 0 bridgehead atoms. The zero-order valence-corrected chi connectivity index (χ0v) is 23.0. The molecular formula is C34H32O7. The van der Waals surface area contributed by atoms with Crippen LogP contribution in [0.25, 0.3) is 22.3 Å². The van der Waals surface area contributed by atoms with Crippen LogP contribution in [0.15, 0.2) is 103 Å². The zero-order chi connectivity index (χ0) is 29.4.